The number of hydrogen-bond donors (Lipinski definition) is 1. The van der Waals surface area contributed by atoms with Crippen molar-refractivity contribution in [3.8, 4) is 0 Å². The smallest absolute Gasteiger partial charge is 0.180 e. The van der Waals surface area contributed by atoms with E-state index in [9.17, 15) is 0 Å². The van der Waals surface area contributed by atoms with Crippen LogP contribution in [-0.4, -0.2) is 23.0 Å². The molecule has 0 saturated carbocycles. The zero-order valence-corrected chi connectivity index (χ0v) is 11.3. The van der Waals surface area contributed by atoms with E-state index in [4.69, 9.17) is 5.73 Å². The van der Waals surface area contributed by atoms with Crippen LogP contribution in [0.15, 0.2) is 6.20 Å². The summed E-state index contributed by atoms with van der Waals surface area (Å²) in [6, 6.07) is 0. The van der Waals surface area contributed by atoms with Crippen molar-refractivity contribution >= 4 is 28.9 Å². The minimum Gasteiger partial charge on any atom is -0.375 e. The van der Waals surface area contributed by atoms with Gasteiger partial charge in [-0.15, -0.1) is 23.7 Å². The van der Waals surface area contributed by atoms with Gasteiger partial charge in [0.05, 0.1) is 0 Å². The van der Waals surface area contributed by atoms with Crippen LogP contribution in [0.2, 0.25) is 0 Å². The Kier molecular flexibility index (Phi) is 5.52. The van der Waals surface area contributed by atoms with Crippen molar-refractivity contribution in [2.24, 2.45) is 5.92 Å². The number of nitrogens with two attached hydrogens (primary N) is 1. The first kappa shape index (κ1) is 13.7. The van der Waals surface area contributed by atoms with Gasteiger partial charge in [-0.1, -0.05) is 13.3 Å². The molecule has 2 N–H and O–H groups in total. The average molecular weight is 262 g/mol. The number of piperidine rings is 1. The van der Waals surface area contributed by atoms with Gasteiger partial charge in [0.15, 0.2) is 5.13 Å². The minimum absolute atomic E-state index is 0. The van der Waals surface area contributed by atoms with Crippen LogP contribution in [0.3, 0.4) is 0 Å². The molecule has 0 spiro atoms. The lowest BCUT2D eigenvalue weighted by atomic mass is 9.96. The van der Waals surface area contributed by atoms with Crippen LogP contribution in [0.1, 0.15) is 31.1 Å². The number of nitrogens with zero attached hydrogens (tertiary/aromatic N) is 2. The molecule has 0 amide bonds. The van der Waals surface area contributed by atoms with Gasteiger partial charge in [0, 0.05) is 24.2 Å². The summed E-state index contributed by atoms with van der Waals surface area (Å²) in [5.41, 5.74) is 5.63. The summed E-state index contributed by atoms with van der Waals surface area (Å²) in [6.45, 7) is 5.80. The molecule has 1 unspecified atom stereocenters. The van der Waals surface area contributed by atoms with E-state index in [2.05, 4.69) is 16.8 Å². The Bertz CT molecular complexity index is 316. The lowest BCUT2D eigenvalue weighted by molar-refractivity contribution is 0.166. The Hall–Kier alpha value is -0.320. The highest BCUT2D eigenvalue weighted by Crippen LogP contribution is 2.23. The maximum Gasteiger partial charge on any atom is 0.180 e. The van der Waals surface area contributed by atoms with Crippen molar-refractivity contribution in [3.05, 3.63) is 11.1 Å². The molecule has 92 valence electrons. The molecule has 0 aromatic carbocycles. The van der Waals surface area contributed by atoms with E-state index in [0.29, 0.717) is 5.13 Å². The molecule has 1 atom stereocenters. The fourth-order valence-corrected chi connectivity index (χ4v) is 2.97. The van der Waals surface area contributed by atoms with E-state index in [1.807, 2.05) is 6.20 Å². The van der Waals surface area contributed by atoms with Gasteiger partial charge in [0.2, 0.25) is 0 Å². The van der Waals surface area contributed by atoms with Gasteiger partial charge in [-0.3, -0.25) is 4.90 Å². The highest BCUT2D eigenvalue weighted by Gasteiger charge is 2.18. The third kappa shape index (κ3) is 3.61. The van der Waals surface area contributed by atoms with Crippen molar-refractivity contribution in [1.82, 2.24) is 9.88 Å². The Morgan fingerprint density at radius 2 is 2.44 bits per heavy atom. The number of aromatic nitrogens is 1. The van der Waals surface area contributed by atoms with Gasteiger partial charge in [-0.05, 0) is 25.3 Å². The van der Waals surface area contributed by atoms with Crippen molar-refractivity contribution < 1.29 is 0 Å². The van der Waals surface area contributed by atoms with E-state index < -0.39 is 0 Å². The van der Waals surface area contributed by atoms with Crippen LogP contribution in [0.4, 0.5) is 5.13 Å². The van der Waals surface area contributed by atoms with E-state index in [1.165, 1.54) is 37.2 Å². The number of anilines is 1. The Morgan fingerprint density at radius 1 is 1.62 bits per heavy atom. The maximum atomic E-state index is 5.63. The summed E-state index contributed by atoms with van der Waals surface area (Å²) < 4.78 is 0. The van der Waals surface area contributed by atoms with E-state index in [-0.39, 0.29) is 12.4 Å². The second-order valence-electron chi connectivity index (χ2n) is 4.32. The zero-order valence-electron chi connectivity index (χ0n) is 9.69. The number of nitrogen functional groups attached to an aromatic ring is 1. The minimum atomic E-state index is 0. The van der Waals surface area contributed by atoms with Crippen LogP contribution >= 0.6 is 23.7 Å². The van der Waals surface area contributed by atoms with E-state index in [0.717, 1.165) is 12.5 Å². The molecule has 1 saturated heterocycles. The van der Waals surface area contributed by atoms with Crippen LogP contribution in [0.5, 0.6) is 0 Å². The molecule has 1 aliphatic heterocycles. The Balaban J connectivity index is 0.00000128. The summed E-state index contributed by atoms with van der Waals surface area (Å²) in [4.78, 5) is 7.92. The zero-order chi connectivity index (χ0) is 10.7. The lowest BCUT2D eigenvalue weighted by Gasteiger charge is -2.31. The lowest BCUT2D eigenvalue weighted by Crippen LogP contribution is -2.34. The molecular formula is C11H20ClN3S. The molecule has 2 heterocycles. The molecule has 2 rings (SSSR count). The van der Waals surface area contributed by atoms with Gasteiger partial charge in [0.1, 0.15) is 0 Å². The molecule has 0 radical (unpaired) electrons. The predicted molar refractivity (Wildman–Crippen MR) is 72.1 cm³/mol. The second kappa shape index (κ2) is 6.42. The Labute approximate surface area is 107 Å². The molecular weight excluding hydrogens is 242 g/mol. The van der Waals surface area contributed by atoms with Crippen LogP contribution in [0, 0.1) is 5.92 Å². The Morgan fingerprint density at radius 3 is 3.06 bits per heavy atom. The van der Waals surface area contributed by atoms with Crippen LogP contribution in [-0.2, 0) is 6.54 Å². The van der Waals surface area contributed by atoms with Crippen LogP contribution < -0.4 is 5.73 Å². The number of rotatable bonds is 3. The van der Waals surface area contributed by atoms with Gasteiger partial charge in [0.25, 0.3) is 0 Å². The van der Waals surface area contributed by atoms with E-state index >= 15 is 0 Å². The number of halogens is 1. The molecule has 1 aromatic heterocycles. The van der Waals surface area contributed by atoms with Gasteiger partial charge < -0.3 is 5.73 Å². The standard InChI is InChI=1S/C11H19N3S.ClH/c1-2-9-4-3-5-14(7-9)8-10-6-13-11(12)15-10;/h6,9H,2-5,7-8H2,1H3,(H2,12,13);1H. The van der Waals surface area contributed by atoms with Crippen molar-refractivity contribution in [1.29, 1.82) is 0 Å². The fraction of sp³-hybridized carbons (Fsp3) is 0.727. The molecule has 1 aromatic rings. The van der Waals surface area contributed by atoms with E-state index in [1.54, 1.807) is 11.3 Å². The molecule has 16 heavy (non-hydrogen) atoms. The van der Waals surface area contributed by atoms with Gasteiger partial charge in [-0.25, -0.2) is 4.98 Å². The van der Waals surface area contributed by atoms with Crippen molar-refractivity contribution in [2.75, 3.05) is 18.8 Å². The fourth-order valence-electron chi connectivity index (χ4n) is 2.24. The monoisotopic (exact) mass is 261 g/mol. The highest BCUT2D eigenvalue weighted by molar-refractivity contribution is 7.15. The van der Waals surface area contributed by atoms with Crippen molar-refractivity contribution in [3.63, 3.8) is 0 Å². The maximum absolute atomic E-state index is 5.63. The van der Waals surface area contributed by atoms with Crippen LogP contribution in [0.25, 0.3) is 0 Å². The summed E-state index contributed by atoms with van der Waals surface area (Å²) in [6.07, 6.45) is 5.96. The molecule has 1 aliphatic rings. The normalized spacial score (nSPS) is 21.7. The third-order valence-electron chi connectivity index (χ3n) is 3.13. The quantitative estimate of drug-likeness (QED) is 0.910. The number of thiazole rings is 1. The third-order valence-corrected chi connectivity index (χ3v) is 3.94. The van der Waals surface area contributed by atoms with Gasteiger partial charge in [-0.2, -0.15) is 0 Å². The first-order chi connectivity index (χ1) is 7.28. The first-order valence-corrected chi connectivity index (χ1v) is 6.52. The van der Waals surface area contributed by atoms with Crippen molar-refractivity contribution in [2.45, 2.75) is 32.7 Å². The molecule has 1 fully saturated rings. The summed E-state index contributed by atoms with van der Waals surface area (Å²) in [7, 11) is 0. The topological polar surface area (TPSA) is 42.2 Å². The summed E-state index contributed by atoms with van der Waals surface area (Å²) in [5, 5.41) is 0.689. The molecule has 5 heteroatoms. The molecule has 0 aliphatic carbocycles. The largest absolute Gasteiger partial charge is 0.375 e. The summed E-state index contributed by atoms with van der Waals surface area (Å²) in [5.74, 6) is 0.893. The summed E-state index contributed by atoms with van der Waals surface area (Å²) >= 11 is 1.62. The van der Waals surface area contributed by atoms with Gasteiger partial charge >= 0.3 is 0 Å². The number of hydrogen-bond acceptors (Lipinski definition) is 4. The first-order valence-electron chi connectivity index (χ1n) is 5.70. The average Bonchev–Trinajstić information content (AvgIpc) is 2.64. The number of likely N-dealkylation sites (tertiary alicyclic amines) is 1. The highest BCUT2D eigenvalue weighted by atomic mass is 35.5. The molecule has 0 bridgehead atoms. The predicted octanol–water partition coefficient (Wildman–Crippen LogP) is 2.77. The molecule has 3 nitrogen and oxygen atoms in total. The second-order valence-corrected chi connectivity index (χ2v) is 5.46. The SMILES string of the molecule is CCC1CCCN(Cc2cnc(N)s2)C1.Cl.